The highest BCUT2D eigenvalue weighted by Crippen LogP contribution is 2.54. The third-order valence-corrected chi connectivity index (χ3v) is 14.9. The van der Waals surface area contributed by atoms with Crippen molar-refractivity contribution in [2.24, 2.45) is 0 Å². The van der Waals surface area contributed by atoms with Gasteiger partial charge in [0.25, 0.3) is 0 Å². The molecule has 0 saturated carbocycles. The lowest BCUT2D eigenvalue weighted by Crippen LogP contribution is -2.11. The second-order valence-corrected chi connectivity index (χ2v) is 23.0. The van der Waals surface area contributed by atoms with Crippen molar-refractivity contribution in [3.8, 4) is 0 Å². The van der Waals surface area contributed by atoms with Crippen LogP contribution in [-0.2, 0) is 21.7 Å². The normalized spacial score (nSPS) is 14.0. The Labute approximate surface area is 367 Å². The maximum absolute atomic E-state index is 7.79. The second kappa shape index (κ2) is 11.4. The predicted octanol–water partition coefficient (Wildman–Crippen LogP) is 17.4. The van der Waals surface area contributed by atoms with E-state index in [2.05, 4.69) is 201 Å². The van der Waals surface area contributed by atoms with Gasteiger partial charge in [0.2, 0.25) is 0 Å². The molecule has 5 aromatic heterocycles. The van der Waals surface area contributed by atoms with E-state index in [1.807, 2.05) is 0 Å². The Bertz CT molecular complexity index is 3880. The van der Waals surface area contributed by atoms with Crippen molar-refractivity contribution in [2.45, 2.75) is 105 Å². The molecule has 0 atom stereocenters. The van der Waals surface area contributed by atoms with Crippen LogP contribution in [0.2, 0.25) is 0 Å². The van der Waals surface area contributed by atoms with Gasteiger partial charge in [-0.25, -0.2) is 0 Å². The van der Waals surface area contributed by atoms with Crippen LogP contribution in [0.1, 0.15) is 105 Å². The van der Waals surface area contributed by atoms with Gasteiger partial charge in [0.05, 0.1) is 43.9 Å². The van der Waals surface area contributed by atoms with Crippen LogP contribution in [0.15, 0.2) is 114 Å². The minimum Gasteiger partial charge on any atom is -0.455 e. The number of hydrogen-bond acceptors (Lipinski definition) is 1. The molecule has 5 heterocycles. The summed E-state index contributed by atoms with van der Waals surface area (Å²) in [6.45, 7) is 28.0. The average Bonchev–Trinajstić information content (AvgIpc) is 4.03. The van der Waals surface area contributed by atoms with Gasteiger partial charge < -0.3 is 13.2 Å². The Hall–Kier alpha value is -6.32. The summed E-state index contributed by atoms with van der Waals surface area (Å²) in [4.78, 5) is 0. The molecule has 63 heavy (non-hydrogen) atoms. The largest absolute Gasteiger partial charge is 0.455 e. The number of furan rings is 1. The molecular weight excluding hydrogens is 765 g/mol. The molecular formula is C60H54N2O. The van der Waals surface area contributed by atoms with Crippen molar-refractivity contribution in [2.75, 3.05) is 0 Å². The van der Waals surface area contributed by atoms with Gasteiger partial charge in [-0.2, -0.15) is 0 Å². The van der Waals surface area contributed by atoms with Gasteiger partial charge in [0.15, 0.2) is 0 Å². The molecule has 0 saturated heterocycles. The molecule has 310 valence electrons. The fourth-order valence-electron chi connectivity index (χ4n) is 11.5. The summed E-state index contributed by atoms with van der Waals surface area (Å²) in [5, 5.41) is 17.6. The maximum Gasteiger partial charge on any atom is 0.146 e. The van der Waals surface area contributed by atoms with E-state index in [9.17, 15) is 0 Å². The van der Waals surface area contributed by atoms with Crippen LogP contribution in [0, 0.1) is 0 Å². The molecule has 8 aromatic carbocycles. The number of aromatic nitrogens is 2. The van der Waals surface area contributed by atoms with Crippen LogP contribution in [-0.4, -0.2) is 8.80 Å². The summed E-state index contributed by atoms with van der Waals surface area (Å²) in [5.41, 5.74) is 14.8. The minimum absolute atomic E-state index is 0.0335. The molecule has 0 aliphatic carbocycles. The van der Waals surface area contributed by atoms with Gasteiger partial charge in [-0.15, -0.1) is 0 Å². The van der Waals surface area contributed by atoms with Crippen molar-refractivity contribution < 1.29 is 4.42 Å². The summed E-state index contributed by atoms with van der Waals surface area (Å²) in [6, 6.07) is 42.5. The average molecular weight is 819 g/mol. The van der Waals surface area contributed by atoms with Gasteiger partial charge in [-0.3, -0.25) is 0 Å². The zero-order valence-electron chi connectivity index (χ0n) is 38.7. The number of rotatable bonds is 0. The minimum atomic E-state index is -0.0578. The molecule has 0 unspecified atom stereocenters. The van der Waals surface area contributed by atoms with E-state index >= 15 is 0 Å². The van der Waals surface area contributed by atoms with E-state index < -0.39 is 0 Å². The topological polar surface area (TPSA) is 22.0 Å². The lowest BCUT2D eigenvalue weighted by Gasteiger charge is -2.20. The van der Waals surface area contributed by atoms with Gasteiger partial charge in [-0.1, -0.05) is 144 Å². The fraction of sp³-hybridized carbons (Fsp3) is 0.267. The van der Waals surface area contributed by atoms with Crippen molar-refractivity contribution in [1.29, 1.82) is 0 Å². The van der Waals surface area contributed by atoms with Gasteiger partial charge in [-0.05, 0) is 103 Å². The van der Waals surface area contributed by atoms with E-state index in [0.29, 0.717) is 0 Å². The summed E-state index contributed by atoms with van der Waals surface area (Å²) < 4.78 is 12.9. The van der Waals surface area contributed by atoms with Crippen LogP contribution in [0.3, 0.4) is 0 Å². The molecule has 0 aliphatic rings. The van der Waals surface area contributed by atoms with Gasteiger partial charge in [0.1, 0.15) is 11.2 Å². The van der Waals surface area contributed by atoms with E-state index in [0.717, 1.165) is 11.2 Å². The van der Waals surface area contributed by atoms with Gasteiger partial charge >= 0.3 is 0 Å². The van der Waals surface area contributed by atoms with Crippen LogP contribution < -0.4 is 0 Å². The van der Waals surface area contributed by atoms with Crippen molar-refractivity contribution in [3.63, 3.8) is 0 Å². The van der Waals surface area contributed by atoms with Crippen molar-refractivity contribution in [3.05, 3.63) is 131 Å². The fourth-order valence-corrected chi connectivity index (χ4v) is 11.5. The third-order valence-electron chi connectivity index (χ3n) is 14.9. The summed E-state index contributed by atoms with van der Waals surface area (Å²) in [5.74, 6) is 0. The zero-order chi connectivity index (χ0) is 43.6. The molecule has 0 N–H and O–H groups in total. The Morgan fingerprint density at radius 1 is 0.302 bits per heavy atom. The molecule has 0 amide bonds. The van der Waals surface area contributed by atoms with Crippen LogP contribution >= 0.6 is 0 Å². The first-order valence-electron chi connectivity index (χ1n) is 22.9. The number of hydrogen-bond donors (Lipinski definition) is 0. The lowest BCUT2D eigenvalue weighted by atomic mass is 9.84. The smallest absolute Gasteiger partial charge is 0.146 e. The Morgan fingerprint density at radius 3 is 1.00 bits per heavy atom. The zero-order valence-corrected chi connectivity index (χ0v) is 38.7. The highest BCUT2D eigenvalue weighted by atomic mass is 16.3. The molecule has 3 heteroatoms. The van der Waals surface area contributed by atoms with E-state index in [-0.39, 0.29) is 21.7 Å². The summed E-state index contributed by atoms with van der Waals surface area (Å²) in [6.07, 6.45) is 0. The number of benzene rings is 8. The first-order valence-corrected chi connectivity index (χ1v) is 22.9. The molecule has 13 aromatic rings. The van der Waals surface area contributed by atoms with E-state index in [4.69, 9.17) is 4.42 Å². The van der Waals surface area contributed by atoms with Crippen LogP contribution in [0.5, 0.6) is 0 Å². The number of fused-ring (bicyclic) bond motifs is 23. The maximum atomic E-state index is 7.79. The van der Waals surface area contributed by atoms with E-state index in [1.54, 1.807) is 0 Å². The lowest BCUT2D eigenvalue weighted by molar-refractivity contribution is 0.590. The first-order chi connectivity index (χ1) is 29.8. The number of nitrogens with zero attached hydrogens (tertiary/aromatic N) is 2. The summed E-state index contributed by atoms with van der Waals surface area (Å²) in [7, 11) is 0. The molecule has 0 aliphatic heterocycles. The molecule has 0 radical (unpaired) electrons. The predicted molar refractivity (Wildman–Crippen MR) is 273 cm³/mol. The third kappa shape index (κ3) is 4.65. The van der Waals surface area contributed by atoms with E-state index in [1.165, 1.54) is 131 Å². The highest BCUT2D eigenvalue weighted by Gasteiger charge is 2.32. The van der Waals surface area contributed by atoms with Crippen LogP contribution in [0.25, 0.3) is 120 Å². The quantitative estimate of drug-likeness (QED) is 0.149. The van der Waals surface area contributed by atoms with Gasteiger partial charge in [0, 0.05) is 53.9 Å². The molecule has 0 spiro atoms. The second-order valence-electron chi connectivity index (χ2n) is 23.0. The Balaban J connectivity index is 1.31. The monoisotopic (exact) mass is 818 g/mol. The summed E-state index contributed by atoms with van der Waals surface area (Å²) >= 11 is 0. The van der Waals surface area contributed by atoms with Crippen LogP contribution in [0.4, 0.5) is 0 Å². The van der Waals surface area contributed by atoms with Crippen molar-refractivity contribution in [1.82, 2.24) is 8.80 Å². The molecule has 3 nitrogen and oxygen atoms in total. The highest BCUT2D eigenvalue weighted by molar-refractivity contribution is 6.44. The SMILES string of the molecule is CC(C)(C)c1ccc2c(c1)c1cc(C(C)(C)C)cc3c4c5oc6c(c7ccccc7c7c6c6cc(C(C)(C)C)cc8c9cc(C(C)(C)C)ccc9n7c86)c5c5ccccc5c4n2c13. The molecule has 13 rings (SSSR count). The first kappa shape index (κ1) is 37.3. The Morgan fingerprint density at radius 2 is 0.635 bits per heavy atom. The molecule has 0 bridgehead atoms. The standard InChI is InChI=1S/C60H54N2O/c1-57(2,3)31-21-23-45-39(25-31)41-27-33(59(7,8)9)29-43-49-53(61(45)51(41)43)37-19-15-13-17-35(37)47-48-36-18-14-16-20-38(36)54-50(56(48)63-55(47)49)44-30-34(60(10,11)12)28-42-40-26-32(58(4,5)6)22-24-46(40)62(54)52(42)44/h13-30H,1-12H3. The van der Waals surface area contributed by atoms with Crippen molar-refractivity contribution >= 4 is 120 Å². The Kier molecular flexibility index (Phi) is 6.76. The molecule has 0 fully saturated rings.